The molecule has 0 N–H and O–H groups in total. The van der Waals surface area contributed by atoms with Gasteiger partial charge in [-0.05, 0) is 32.9 Å². The molecule has 0 heterocycles. The second kappa shape index (κ2) is 4.73. The van der Waals surface area contributed by atoms with Gasteiger partial charge in [-0.3, -0.25) is 0 Å². The summed E-state index contributed by atoms with van der Waals surface area (Å²) in [5.74, 6) is 0.823. The van der Waals surface area contributed by atoms with Gasteiger partial charge in [0.25, 0.3) is 0 Å². The molecule has 0 spiro atoms. The molecule has 0 radical (unpaired) electrons. The molecule has 0 bridgehead atoms. The third kappa shape index (κ3) is 3.89. The summed E-state index contributed by atoms with van der Waals surface area (Å²) in [6, 6.07) is 0.741. The first kappa shape index (κ1) is 9.96. The predicted octanol–water partition coefficient (Wildman–Crippen LogP) is 2.37. The molecular weight excluding hydrogens is 122 g/mol. The number of nitrogens with zero attached hydrogens (tertiary/aromatic N) is 1. The van der Waals surface area contributed by atoms with Gasteiger partial charge >= 0.3 is 0 Å². The maximum atomic E-state index is 2.39. The largest absolute Gasteiger partial charge is 0.304 e. The Bertz CT molecular complexity index is 78.8. The van der Waals surface area contributed by atoms with Gasteiger partial charge in [0.1, 0.15) is 0 Å². The van der Waals surface area contributed by atoms with Crippen molar-refractivity contribution >= 4 is 0 Å². The van der Waals surface area contributed by atoms with Gasteiger partial charge in [-0.15, -0.1) is 0 Å². The summed E-state index contributed by atoms with van der Waals surface area (Å²) in [5.41, 5.74) is 0. The molecule has 0 aromatic carbocycles. The summed E-state index contributed by atoms with van der Waals surface area (Å²) < 4.78 is 0. The van der Waals surface area contributed by atoms with Gasteiger partial charge in [0, 0.05) is 6.04 Å². The first-order chi connectivity index (χ1) is 4.57. The average molecular weight is 143 g/mol. The van der Waals surface area contributed by atoms with Crippen LogP contribution in [0.2, 0.25) is 0 Å². The van der Waals surface area contributed by atoms with E-state index >= 15 is 0 Å². The second-order valence-corrected chi connectivity index (χ2v) is 3.55. The Morgan fingerprint density at radius 3 is 2.00 bits per heavy atom. The van der Waals surface area contributed by atoms with Gasteiger partial charge in [0.15, 0.2) is 0 Å². The van der Waals surface area contributed by atoms with Gasteiger partial charge in [-0.1, -0.05) is 20.8 Å². The van der Waals surface area contributed by atoms with Crippen molar-refractivity contribution in [2.45, 2.75) is 40.2 Å². The maximum absolute atomic E-state index is 2.39. The molecule has 0 amide bonds. The van der Waals surface area contributed by atoms with Gasteiger partial charge in [-0.2, -0.15) is 0 Å². The van der Waals surface area contributed by atoms with Crippen LogP contribution >= 0.6 is 0 Å². The fourth-order valence-corrected chi connectivity index (χ4v) is 1.17. The van der Waals surface area contributed by atoms with Crippen LogP contribution in [0.1, 0.15) is 34.1 Å². The zero-order valence-electron chi connectivity index (χ0n) is 8.02. The molecule has 0 aliphatic carbocycles. The van der Waals surface area contributed by atoms with Crippen LogP contribution in [-0.2, 0) is 0 Å². The molecule has 10 heavy (non-hydrogen) atoms. The highest BCUT2D eigenvalue weighted by molar-refractivity contribution is 4.63. The van der Waals surface area contributed by atoms with E-state index in [0.717, 1.165) is 18.5 Å². The molecule has 62 valence electrons. The van der Waals surface area contributed by atoms with Crippen LogP contribution in [0.25, 0.3) is 0 Å². The third-order valence-corrected chi connectivity index (χ3v) is 2.06. The molecule has 0 aliphatic rings. The normalized spacial score (nSPS) is 14.7. The monoisotopic (exact) mass is 143 g/mol. The van der Waals surface area contributed by atoms with E-state index in [4.69, 9.17) is 0 Å². The lowest BCUT2D eigenvalue weighted by Crippen LogP contribution is -2.29. The van der Waals surface area contributed by atoms with Crippen LogP contribution in [0, 0.1) is 5.92 Å². The lowest BCUT2D eigenvalue weighted by atomic mass is 10.0. The fourth-order valence-electron chi connectivity index (χ4n) is 1.17. The zero-order valence-corrected chi connectivity index (χ0v) is 8.02. The molecule has 0 aliphatic heterocycles. The Kier molecular flexibility index (Phi) is 4.71. The van der Waals surface area contributed by atoms with Crippen molar-refractivity contribution in [2.24, 2.45) is 5.92 Å². The van der Waals surface area contributed by atoms with Crippen molar-refractivity contribution in [2.75, 3.05) is 13.6 Å². The number of hydrogen-bond donors (Lipinski definition) is 0. The average Bonchev–Trinajstić information content (AvgIpc) is 1.85. The van der Waals surface area contributed by atoms with Gasteiger partial charge in [0.05, 0.1) is 0 Å². The molecule has 0 unspecified atom stereocenters. The SMILES string of the molecule is CCN(C)[C@H](C)CC(C)C. The third-order valence-electron chi connectivity index (χ3n) is 2.06. The van der Waals surface area contributed by atoms with Crippen LogP contribution in [0.15, 0.2) is 0 Å². The molecule has 1 nitrogen and oxygen atoms in total. The van der Waals surface area contributed by atoms with E-state index < -0.39 is 0 Å². The van der Waals surface area contributed by atoms with Crippen molar-refractivity contribution in [3.8, 4) is 0 Å². The Hall–Kier alpha value is -0.0400. The minimum atomic E-state index is 0.741. The lowest BCUT2D eigenvalue weighted by molar-refractivity contribution is 0.239. The molecule has 0 saturated heterocycles. The second-order valence-electron chi connectivity index (χ2n) is 3.55. The van der Waals surface area contributed by atoms with E-state index in [0.29, 0.717) is 0 Å². The van der Waals surface area contributed by atoms with Crippen molar-refractivity contribution in [1.82, 2.24) is 4.90 Å². The molecule has 0 rings (SSSR count). The van der Waals surface area contributed by atoms with E-state index in [1.54, 1.807) is 0 Å². The van der Waals surface area contributed by atoms with Gasteiger partial charge in [-0.25, -0.2) is 0 Å². The topological polar surface area (TPSA) is 3.24 Å². The summed E-state index contributed by atoms with van der Waals surface area (Å²) in [5, 5.41) is 0. The summed E-state index contributed by atoms with van der Waals surface area (Å²) >= 11 is 0. The summed E-state index contributed by atoms with van der Waals surface area (Å²) in [6.45, 7) is 10.2. The van der Waals surface area contributed by atoms with Crippen molar-refractivity contribution in [3.05, 3.63) is 0 Å². The lowest BCUT2D eigenvalue weighted by Gasteiger charge is -2.24. The van der Waals surface area contributed by atoms with E-state index in [1.807, 2.05) is 0 Å². The Labute approximate surface area is 65.4 Å². The van der Waals surface area contributed by atoms with Crippen molar-refractivity contribution in [3.63, 3.8) is 0 Å². The molecule has 0 aromatic heterocycles. The standard InChI is InChI=1S/C9H21N/c1-6-10(5)9(4)7-8(2)3/h8-9H,6-7H2,1-5H3/t9-/m1/s1. The van der Waals surface area contributed by atoms with E-state index in [-0.39, 0.29) is 0 Å². The predicted molar refractivity (Wildman–Crippen MR) is 47.2 cm³/mol. The first-order valence-corrected chi connectivity index (χ1v) is 4.28. The highest BCUT2D eigenvalue weighted by atomic mass is 15.1. The van der Waals surface area contributed by atoms with Crippen molar-refractivity contribution in [1.29, 1.82) is 0 Å². The van der Waals surface area contributed by atoms with E-state index in [9.17, 15) is 0 Å². The highest BCUT2D eigenvalue weighted by Gasteiger charge is 2.07. The fraction of sp³-hybridized carbons (Fsp3) is 1.00. The minimum absolute atomic E-state index is 0.741. The van der Waals surface area contributed by atoms with E-state index in [2.05, 4.69) is 39.6 Å². The molecule has 0 aromatic rings. The highest BCUT2D eigenvalue weighted by Crippen LogP contribution is 2.08. The summed E-state index contributed by atoms with van der Waals surface area (Å²) in [6.07, 6.45) is 1.31. The number of hydrogen-bond acceptors (Lipinski definition) is 1. The van der Waals surface area contributed by atoms with Gasteiger partial charge in [0.2, 0.25) is 0 Å². The smallest absolute Gasteiger partial charge is 0.00662 e. The maximum Gasteiger partial charge on any atom is 0.00662 e. The van der Waals surface area contributed by atoms with Crippen LogP contribution in [0.3, 0.4) is 0 Å². The summed E-state index contributed by atoms with van der Waals surface area (Å²) in [4.78, 5) is 2.39. The van der Waals surface area contributed by atoms with E-state index in [1.165, 1.54) is 6.42 Å². The molecule has 0 saturated carbocycles. The van der Waals surface area contributed by atoms with Crippen molar-refractivity contribution < 1.29 is 0 Å². The number of rotatable bonds is 4. The van der Waals surface area contributed by atoms with Crippen LogP contribution in [0.5, 0.6) is 0 Å². The quantitative estimate of drug-likeness (QED) is 0.584. The Morgan fingerprint density at radius 2 is 1.70 bits per heavy atom. The molecular formula is C9H21N. The first-order valence-electron chi connectivity index (χ1n) is 4.28. The zero-order chi connectivity index (χ0) is 8.15. The van der Waals surface area contributed by atoms with Gasteiger partial charge < -0.3 is 4.90 Å². The van der Waals surface area contributed by atoms with Crippen LogP contribution < -0.4 is 0 Å². The summed E-state index contributed by atoms with van der Waals surface area (Å²) in [7, 11) is 2.19. The van der Waals surface area contributed by atoms with Crippen LogP contribution in [0.4, 0.5) is 0 Å². The molecule has 1 heteroatoms. The Morgan fingerprint density at radius 1 is 1.20 bits per heavy atom. The molecule has 1 atom stereocenters. The molecule has 0 fully saturated rings. The minimum Gasteiger partial charge on any atom is -0.304 e. The van der Waals surface area contributed by atoms with Crippen LogP contribution in [-0.4, -0.2) is 24.5 Å². The Balaban J connectivity index is 3.50.